The second-order valence-electron chi connectivity index (χ2n) is 6.30. The van der Waals surface area contributed by atoms with Crippen LogP contribution in [0, 0.1) is 0 Å². The molecule has 2 atom stereocenters. The highest BCUT2D eigenvalue weighted by Crippen LogP contribution is 2.42. The fourth-order valence-corrected chi connectivity index (χ4v) is 2.96. The van der Waals surface area contributed by atoms with Gasteiger partial charge in [-0.15, -0.1) is 0 Å². The molecule has 0 amide bonds. The zero-order chi connectivity index (χ0) is 21.6. The standard InChI is InChI=1S/C22H28O7/c1-7-8-14-9-17(25-3)22(18(10-14)26-4)29-13(2)20(24)15-11-16(23)21(28-6)19(12-15)27-5/h7-13,20,23-24H,1-6H3. The summed E-state index contributed by atoms with van der Waals surface area (Å²) in [5, 5.41) is 21.0. The van der Waals surface area contributed by atoms with Crippen LogP contribution >= 0.6 is 0 Å². The zero-order valence-electron chi connectivity index (χ0n) is 17.6. The largest absolute Gasteiger partial charge is 0.504 e. The van der Waals surface area contributed by atoms with Gasteiger partial charge in [-0.3, -0.25) is 0 Å². The molecule has 2 aromatic rings. The lowest BCUT2D eigenvalue weighted by Gasteiger charge is -2.24. The minimum Gasteiger partial charge on any atom is -0.504 e. The molecule has 0 heterocycles. The molecular formula is C22H28O7. The lowest BCUT2D eigenvalue weighted by Crippen LogP contribution is -2.22. The first kappa shape index (κ1) is 22.2. The Balaban J connectivity index is 2.37. The summed E-state index contributed by atoms with van der Waals surface area (Å²) < 4.78 is 27.3. The highest BCUT2D eigenvalue weighted by Gasteiger charge is 2.25. The summed E-state index contributed by atoms with van der Waals surface area (Å²) in [5.74, 6) is 1.69. The van der Waals surface area contributed by atoms with E-state index in [-0.39, 0.29) is 11.5 Å². The number of rotatable bonds is 9. The van der Waals surface area contributed by atoms with Crippen molar-refractivity contribution in [2.24, 2.45) is 0 Å². The van der Waals surface area contributed by atoms with Gasteiger partial charge in [0.25, 0.3) is 0 Å². The maximum atomic E-state index is 10.8. The van der Waals surface area contributed by atoms with Crippen molar-refractivity contribution in [2.45, 2.75) is 26.1 Å². The quantitative estimate of drug-likeness (QED) is 0.654. The van der Waals surface area contributed by atoms with Gasteiger partial charge in [0.2, 0.25) is 11.5 Å². The van der Waals surface area contributed by atoms with E-state index in [1.807, 2.05) is 31.2 Å². The molecule has 2 aromatic carbocycles. The lowest BCUT2D eigenvalue weighted by molar-refractivity contribution is 0.0431. The topological polar surface area (TPSA) is 86.6 Å². The van der Waals surface area contributed by atoms with Crippen LogP contribution in [0.5, 0.6) is 34.5 Å². The third kappa shape index (κ3) is 4.86. The summed E-state index contributed by atoms with van der Waals surface area (Å²) in [6.07, 6.45) is 2.07. The van der Waals surface area contributed by atoms with Crippen molar-refractivity contribution in [1.29, 1.82) is 0 Å². The maximum Gasteiger partial charge on any atom is 0.203 e. The minimum absolute atomic E-state index is 0.140. The van der Waals surface area contributed by atoms with Crippen molar-refractivity contribution in [3.05, 3.63) is 41.5 Å². The first-order valence-corrected chi connectivity index (χ1v) is 9.08. The highest BCUT2D eigenvalue weighted by atomic mass is 16.5. The second kappa shape index (κ2) is 9.93. The number of aromatic hydroxyl groups is 1. The summed E-state index contributed by atoms with van der Waals surface area (Å²) in [4.78, 5) is 0. The number of benzene rings is 2. The summed E-state index contributed by atoms with van der Waals surface area (Å²) >= 11 is 0. The molecule has 2 unspecified atom stereocenters. The number of phenolic OH excluding ortho intramolecular Hbond substituents is 1. The van der Waals surface area contributed by atoms with E-state index in [2.05, 4.69) is 0 Å². The Kier molecular flexibility index (Phi) is 7.61. The van der Waals surface area contributed by atoms with Gasteiger partial charge in [0, 0.05) is 0 Å². The van der Waals surface area contributed by atoms with E-state index in [0.717, 1.165) is 5.56 Å². The molecule has 2 N–H and O–H groups in total. The van der Waals surface area contributed by atoms with Crippen molar-refractivity contribution in [3.63, 3.8) is 0 Å². The molecule has 7 heteroatoms. The number of phenols is 1. The van der Waals surface area contributed by atoms with E-state index < -0.39 is 12.2 Å². The van der Waals surface area contributed by atoms with Crippen LogP contribution in [0.25, 0.3) is 6.08 Å². The number of hydrogen-bond acceptors (Lipinski definition) is 7. The minimum atomic E-state index is -1.06. The molecule has 0 aliphatic carbocycles. The molecule has 0 spiro atoms. The Morgan fingerprint density at radius 3 is 1.86 bits per heavy atom. The van der Waals surface area contributed by atoms with E-state index in [1.54, 1.807) is 13.0 Å². The van der Waals surface area contributed by atoms with Gasteiger partial charge in [-0.2, -0.15) is 0 Å². The van der Waals surface area contributed by atoms with Gasteiger partial charge in [-0.1, -0.05) is 12.2 Å². The van der Waals surface area contributed by atoms with E-state index in [4.69, 9.17) is 23.7 Å². The average molecular weight is 404 g/mol. The van der Waals surface area contributed by atoms with Crippen LogP contribution in [-0.4, -0.2) is 44.8 Å². The van der Waals surface area contributed by atoms with Crippen LogP contribution in [0.15, 0.2) is 30.3 Å². The van der Waals surface area contributed by atoms with Crippen LogP contribution in [-0.2, 0) is 0 Å². The van der Waals surface area contributed by atoms with Gasteiger partial charge < -0.3 is 33.9 Å². The van der Waals surface area contributed by atoms with E-state index >= 15 is 0 Å². The van der Waals surface area contributed by atoms with E-state index in [9.17, 15) is 10.2 Å². The Bertz CT molecular complexity index is 835. The van der Waals surface area contributed by atoms with Gasteiger partial charge in [-0.25, -0.2) is 0 Å². The van der Waals surface area contributed by atoms with Crippen LogP contribution in [0.1, 0.15) is 31.1 Å². The van der Waals surface area contributed by atoms with Crippen LogP contribution in [0.3, 0.4) is 0 Å². The van der Waals surface area contributed by atoms with E-state index in [1.165, 1.54) is 34.5 Å². The predicted octanol–water partition coefficient (Wildman–Crippen LogP) is 3.96. The van der Waals surface area contributed by atoms with Gasteiger partial charge in [0.05, 0.1) is 28.4 Å². The van der Waals surface area contributed by atoms with Gasteiger partial charge in [0.15, 0.2) is 23.0 Å². The average Bonchev–Trinajstić information content (AvgIpc) is 2.73. The monoisotopic (exact) mass is 404 g/mol. The van der Waals surface area contributed by atoms with Gasteiger partial charge in [0.1, 0.15) is 12.2 Å². The molecule has 0 saturated heterocycles. The van der Waals surface area contributed by atoms with Gasteiger partial charge in [-0.05, 0) is 49.2 Å². The molecule has 0 saturated carbocycles. The van der Waals surface area contributed by atoms with Crippen molar-refractivity contribution < 1.29 is 33.9 Å². The molecule has 0 bridgehead atoms. The van der Waals surface area contributed by atoms with Crippen LogP contribution < -0.4 is 23.7 Å². The molecule has 2 rings (SSSR count). The number of methoxy groups -OCH3 is 4. The highest BCUT2D eigenvalue weighted by molar-refractivity contribution is 5.62. The van der Waals surface area contributed by atoms with Crippen LogP contribution in [0.4, 0.5) is 0 Å². The summed E-state index contributed by atoms with van der Waals surface area (Å²) in [5.41, 5.74) is 1.31. The Morgan fingerprint density at radius 1 is 0.828 bits per heavy atom. The molecule has 7 nitrogen and oxygen atoms in total. The van der Waals surface area contributed by atoms with Crippen molar-refractivity contribution >= 4 is 6.08 Å². The van der Waals surface area contributed by atoms with Crippen molar-refractivity contribution in [1.82, 2.24) is 0 Å². The zero-order valence-corrected chi connectivity index (χ0v) is 17.6. The molecular weight excluding hydrogens is 376 g/mol. The Morgan fingerprint density at radius 2 is 1.38 bits per heavy atom. The smallest absolute Gasteiger partial charge is 0.203 e. The molecule has 0 aromatic heterocycles. The number of ether oxygens (including phenoxy) is 5. The molecule has 0 radical (unpaired) electrons. The first-order chi connectivity index (χ1) is 13.9. The predicted molar refractivity (Wildman–Crippen MR) is 111 cm³/mol. The first-order valence-electron chi connectivity index (χ1n) is 9.08. The van der Waals surface area contributed by atoms with Crippen molar-refractivity contribution in [3.8, 4) is 34.5 Å². The summed E-state index contributed by atoms with van der Waals surface area (Å²) in [7, 11) is 5.95. The summed E-state index contributed by atoms with van der Waals surface area (Å²) in [6.45, 7) is 3.62. The molecule has 158 valence electrons. The fraction of sp³-hybridized carbons (Fsp3) is 0.364. The second-order valence-corrected chi connectivity index (χ2v) is 6.30. The number of allylic oxidation sites excluding steroid dienone is 1. The fourth-order valence-electron chi connectivity index (χ4n) is 2.96. The third-order valence-corrected chi connectivity index (χ3v) is 4.41. The Hall–Kier alpha value is -3.06. The lowest BCUT2D eigenvalue weighted by atomic mass is 10.0. The van der Waals surface area contributed by atoms with E-state index in [0.29, 0.717) is 28.6 Å². The normalized spacial score (nSPS) is 13.1. The molecule has 0 aliphatic heterocycles. The third-order valence-electron chi connectivity index (χ3n) is 4.41. The number of aliphatic hydroxyl groups is 1. The summed E-state index contributed by atoms with van der Waals surface area (Å²) in [6, 6.07) is 6.64. The van der Waals surface area contributed by atoms with Gasteiger partial charge >= 0.3 is 0 Å². The molecule has 0 aliphatic rings. The Labute approximate surface area is 171 Å². The number of aliphatic hydroxyl groups excluding tert-OH is 1. The number of hydrogen-bond donors (Lipinski definition) is 2. The molecule has 0 fully saturated rings. The molecule has 29 heavy (non-hydrogen) atoms. The maximum absolute atomic E-state index is 10.8. The SMILES string of the molecule is CC=Cc1cc(OC)c(OC(C)C(O)c2cc(O)c(OC)c(OC)c2)c(OC)c1. The van der Waals surface area contributed by atoms with Crippen molar-refractivity contribution in [2.75, 3.05) is 28.4 Å². The van der Waals surface area contributed by atoms with Crippen LogP contribution in [0.2, 0.25) is 0 Å².